The van der Waals surface area contributed by atoms with Gasteiger partial charge < -0.3 is 5.11 Å². The van der Waals surface area contributed by atoms with Crippen molar-refractivity contribution in [2.24, 2.45) is 0 Å². The molecule has 92 valence electrons. The molecule has 0 aliphatic carbocycles. The Hall–Kier alpha value is -1.81. The second-order valence-electron chi connectivity index (χ2n) is 3.86. The number of carbonyl (C=O) groups is 1. The summed E-state index contributed by atoms with van der Waals surface area (Å²) in [5, 5.41) is 8.60. The van der Waals surface area contributed by atoms with Crippen LogP contribution in [0.15, 0.2) is 53.7 Å². The van der Waals surface area contributed by atoms with E-state index in [-0.39, 0.29) is 5.75 Å². The third kappa shape index (κ3) is 3.89. The summed E-state index contributed by atoms with van der Waals surface area (Å²) in [4.78, 5) is 15.5. The van der Waals surface area contributed by atoms with Gasteiger partial charge in [0.1, 0.15) is 0 Å². The minimum atomic E-state index is -0.792. The van der Waals surface area contributed by atoms with E-state index in [0.717, 1.165) is 11.3 Å². The molecule has 4 heteroatoms. The van der Waals surface area contributed by atoms with Crippen molar-refractivity contribution < 1.29 is 9.90 Å². The van der Waals surface area contributed by atoms with E-state index in [1.54, 1.807) is 6.20 Å². The second kappa shape index (κ2) is 6.21. The Morgan fingerprint density at radius 1 is 1.17 bits per heavy atom. The molecule has 0 unspecified atom stereocenters. The van der Waals surface area contributed by atoms with Crippen LogP contribution < -0.4 is 0 Å². The van der Waals surface area contributed by atoms with Gasteiger partial charge in [0.05, 0.1) is 5.75 Å². The van der Waals surface area contributed by atoms with Crippen LogP contribution in [-0.4, -0.2) is 21.8 Å². The highest BCUT2D eigenvalue weighted by molar-refractivity contribution is 8.00. The van der Waals surface area contributed by atoms with E-state index in [1.165, 1.54) is 22.9 Å². The number of benzene rings is 1. The topological polar surface area (TPSA) is 50.2 Å². The molecule has 0 aliphatic heterocycles. The number of nitrogens with zero attached hydrogens (tertiary/aromatic N) is 1. The minimum Gasteiger partial charge on any atom is -0.481 e. The molecular formula is C14H13NO2S. The smallest absolute Gasteiger partial charge is 0.313 e. The van der Waals surface area contributed by atoms with Gasteiger partial charge in [0.2, 0.25) is 0 Å². The number of hydrogen-bond donors (Lipinski definition) is 1. The maximum atomic E-state index is 10.5. The second-order valence-corrected chi connectivity index (χ2v) is 4.91. The van der Waals surface area contributed by atoms with Crippen molar-refractivity contribution in [1.82, 2.24) is 4.98 Å². The normalized spacial score (nSPS) is 10.2. The molecule has 1 aromatic carbocycles. The lowest BCUT2D eigenvalue weighted by atomic mass is 10.1. The molecule has 2 rings (SSSR count). The first-order valence-electron chi connectivity index (χ1n) is 5.56. The number of thioether (sulfide) groups is 1. The molecule has 1 aromatic heterocycles. The van der Waals surface area contributed by atoms with Crippen molar-refractivity contribution in [2.45, 2.75) is 11.3 Å². The molecule has 18 heavy (non-hydrogen) atoms. The van der Waals surface area contributed by atoms with Gasteiger partial charge in [-0.05, 0) is 35.7 Å². The SMILES string of the molecule is O=C(O)CSc1ccc(Cc2cccnc2)cc1. The summed E-state index contributed by atoms with van der Waals surface area (Å²) in [5.74, 6) is -0.693. The van der Waals surface area contributed by atoms with Gasteiger partial charge in [-0.3, -0.25) is 9.78 Å². The summed E-state index contributed by atoms with van der Waals surface area (Å²) in [7, 11) is 0. The Labute approximate surface area is 110 Å². The first-order valence-corrected chi connectivity index (χ1v) is 6.55. The van der Waals surface area contributed by atoms with Gasteiger partial charge in [-0.1, -0.05) is 18.2 Å². The molecule has 3 nitrogen and oxygen atoms in total. The Balaban J connectivity index is 1.97. The average Bonchev–Trinajstić information content (AvgIpc) is 2.39. The molecule has 0 amide bonds. The molecule has 0 aliphatic rings. The fraction of sp³-hybridized carbons (Fsp3) is 0.143. The van der Waals surface area contributed by atoms with Gasteiger partial charge in [-0.25, -0.2) is 0 Å². The van der Waals surface area contributed by atoms with Crippen LogP contribution in [0.1, 0.15) is 11.1 Å². The maximum absolute atomic E-state index is 10.5. The highest BCUT2D eigenvalue weighted by atomic mass is 32.2. The number of hydrogen-bond acceptors (Lipinski definition) is 3. The van der Waals surface area contributed by atoms with Crippen molar-refractivity contribution in [1.29, 1.82) is 0 Å². The highest BCUT2D eigenvalue weighted by Gasteiger charge is 2.00. The van der Waals surface area contributed by atoms with Gasteiger partial charge in [0.25, 0.3) is 0 Å². The van der Waals surface area contributed by atoms with E-state index in [0.29, 0.717) is 0 Å². The molecular weight excluding hydrogens is 246 g/mol. The van der Waals surface area contributed by atoms with Gasteiger partial charge in [-0.15, -0.1) is 11.8 Å². The summed E-state index contributed by atoms with van der Waals surface area (Å²) in [6.07, 6.45) is 4.46. The molecule has 0 spiro atoms. The molecule has 0 atom stereocenters. The average molecular weight is 259 g/mol. The number of pyridine rings is 1. The summed E-state index contributed by atoms with van der Waals surface area (Å²) < 4.78 is 0. The lowest BCUT2D eigenvalue weighted by Gasteiger charge is -2.03. The maximum Gasteiger partial charge on any atom is 0.313 e. The van der Waals surface area contributed by atoms with Crippen LogP contribution in [0.5, 0.6) is 0 Å². The van der Waals surface area contributed by atoms with E-state index in [4.69, 9.17) is 5.11 Å². The molecule has 2 aromatic rings. The Kier molecular flexibility index (Phi) is 4.36. The highest BCUT2D eigenvalue weighted by Crippen LogP contribution is 2.19. The van der Waals surface area contributed by atoms with Gasteiger partial charge >= 0.3 is 5.97 Å². The van der Waals surface area contributed by atoms with E-state index < -0.39 is 5.97 Å². The monoisotopic (exact) mass is 259 g/mol. The zero-order valence-electron chi connectivity index (χ0n) is 9.74. The minimum absolute atomic E-state index is 0.0992. The quantitative estimate of drug-likeness (QED) is 0.839. The number of aromatic nitrogens is 1. The third-order valence-corrected chi connectivity index (χ3v) is 3.41. The summed E-state index contributed by atoms with van der Waals surface area (Å²) >= 11 is 1.33. The standard InChI is InChI=1S/C14H13NO2S/c16-14(17)10-18-13-5-3-11(4-6-13)8-12-2-1-7-15-9-12/h1-7,9H,8,10H2,(H,16,17). The molecule has 1 N–H and O–H groups in total. The zero-order chi connectivity index (χ0) is 12.8. The molecule has 0 saturated carbocycles. The van der Waals surface area contributed by atoms with E-state index in [9.17, 15) is 4.79 Å². The van der Waals surface area contributed by atoms with Crippen molar-refractivity contribution in [3.05, 3.63) is 59.9 Å². The first kappa shape index (κ1) is 12.6. The van der Waals surface area contributed by atoms with Crippen LogP contribution in [0, 0.1) is 0 Å². The summed E-state index contributed by atoms with van der Waals surface area (Å²) in [6.45, 7) is 0. The molecule has 0 bridgehead atoms. The van der Waals surface area contributed by atoms with Gasteiger partial charge in [0.15, 0.2) is 0 Å². The summed E-state index contributed by atoms with van der Waals surface area (Å²) in [5.41, 5.74) is 2.37. The number of aliphatic carboxylic acids is 1. The number of carboxylic acids is 1. The van der Waals surface area contributed by atoms with Crippen LogP contribution in [0.2, 0.25) is 0 Å². The molecule has 1 heterocycles. The lowest BCUT2D eigenvalue weighted by molar-refractivity contribution is -0.133. The largest absolute Gasteiger partial charge is 0.481 e. The van der Waals surface area contributed by atoms with Gasteiger partial charge in [-0.2, -0.15) is 0 Å². The van der Waals surface area contributed by atoms with E-state index >= 15 is 0 Å². The third-order valence-electron chi connectivity index (χ3n) is 2.42. The van der Waals surface area contributed by atoms with Crippen LogP contribution in [-0.2, 0) is 11.2 Å². The first-order chi connectivity index (χ1) is 8.74. The van der Waals surface area contributed by atoms with E-state index in [2.05, 4.69) is 4.98 Å². The predicted molar refractivity (Wildman–Crippen MR) is 71.8 cm³/mol. The zero-order valence-corrected chi connectivity index (χ0v) is 10.6. The van der Waals surface area contributed by atoms with Crippen LogP contribution in [0.4, 0.5) is 0 Å². The number of rotatable bonds is 5. The fourth-order valence-corrected chi connectivity index (χ4v) is 2.21. The Morgan fingerprint density at radius 2 is 1.94 bits per heavy atom. The van der Waals surface area contributed by atoms with Crippen molar-refractivity contribution in [2.75, 3.05) is 5.75 Å². The molecule has 0 radical (unpaired) electrons. The Bertz CT molecular complexity index is 511. The predicted octanol–water partition coefficient (Wildman–Crippen LogP) is 2.85. The Morgan fingerprint density at radius 3 is 2.56 bits per heavy atom. The van der Waals surface area contributed by atoms with Crippen LogP contribution in [0.3, 0.4) is 0 Å². The van der Waals surface area contributed by atoms with Crippen molar-refractivity contribution in [3.8, 4) is 0 Å². The van der Waals surface area contributed by atoms with Crippen LogP contribution >= 0.6 is 11.8 Å². The fourth-order valence-electron chi connectivity index (χ4n) is 1.59. The van der Waals surface area contributed by atoms with Gasteiger partial charge in [0, 0.05) is 17.3 Å². The number of carboxylic acid groups (broad SMARTS) is 1. The molecule has 0 fully saturated rings. The van der Waals surface area contributed by atoms with E-state index in [1.807, 2.05) is 42.6 Å². The summed E-state index contributed by atoms with van der Waals surface area (Å²) in [6, 6.07) is 11.9. The molecule has 0 saturated heterocycles. The van der Waals surface area contributed by atoms with Crippen molar-refractivity contribution >= 4 is 17.7 Å². The van der Waals surface area contributed by atoms with Crippen LogP contribution in [0.25, 0.3) is 0 Å². The van der Waals surface area contributed by atoms with Crippen molar-refractivity contribution in [3.63, 3.8) is 0 Å². The lowest BCUT2D eigenvalue weighted by Crippen LogP contribution is -1.97.